The van der Waals surface area contributed by atoms with Gasteiger partial charge in [-0.05, 0) is 78.7 Å². The van der Waals surface area contributed by atoms with Gasteiger partial charge in [0.05, 0.1) is 16.6 Å². The summed E-state index contributed by atoms with van der Waals surface area (Å²) in [4.78, 5) is 0. The van der Waals surface area contributed by atoms with E-state index < -0.39 is 23.7 Å². The van der Waals surface area contributed by atoms with Crippen LogP contribution in [0.5, 0.6) is 11.5 Å². The van der Waals surface area contributed by atoms with Gasteiger partial charge in [-0.1, -0.05) is 91.0 Å². The van der Waals surface area contributed by atoms with E-state index in [0.717, 1.165) is 39.2 Å². The molecule has 5 aromatic carbocycles. The summed E-state index contributed by atoms with van der Waals surface area (Å²) in [5, 5.41) is 0. The Morgan fingerprint density at radius 3 is 1.79 bits per heavy atom. The number of nitrogens with two attached hydrogens (primary N) is 1. The van der Waals surface area contributed by atoms with Crippen molar-refractivity contribution < 1.29 is 14.0 Å². The average Bonchev–Trinajstić information content (AvgIpc) is 3.40. The molecule has 0 atom stereocenters. The number of hydrogen-bond donors (Lipinski definition) is 1. The number of fused-ring (bicyclic) bond motifs is 9. The minimum atomic E-state index is -0.507. The van der Waals surface area contributed by atoms with E-state index in [1.54, 1.807) is 0 Å². The number of nitrogen functional groups attached to an aromatic ring is 1. The van der Waals surface area contributed by atoms with Gasteiger partial charge in [-0.2, -0.15) is 0 Å². The monoisotopic (exact) mass is 549 g/mol. The predicted octanol–water partition coefficient (Wildman–Crippen LogP) is 7.70. The third-order valence-corrected chi connectivity index (χ3v) is 9.71. The molecular weight excluding hydrogens is 517 g/mol. The van der Waals surface area contributed by atoms with E-state index in [-0.39, 0.29) is 0 Å². The number of benzene rings is 5. The maximum absolute atomic E-state index is 6.69. The molecule has 0 amide bonds. The zero-order valence-corrected chi connectivity index (χ0v) is 24.3. The Labute approximate surface area is 247 Å². The summed E-state index contributed by atoms with van der Waals surface area (Å²) in [7, 11) is -0.423. The van der Waals surface area contributed by atoms with Crippen molar-refractivity contribution in [2.45, 2.75) is 44.3 Å². The van der Waals surface area contributed by atoms with Crippen LogP contribution >= 0.6 is 0 Å². The molecule has 0 aromatic heterocycles. The average molecular weight is 549 g/mol. The van der Waals surface area contributed by atoms with Gasteiger partial charge in [0.1, 0.15) is 11.5 Å². The van der Waals surface area contributed by atoms with Crippen molar-refractivity contribution in [2.75, 3.05) is 5.73 Å². The smallest absolute Gasteiger partial charge is 0.457 e. The second-order valence-electron chi connectivity index (χ2n) is 12.6. The van der Waals surface area contributed by atoms with Gasteiger partial charge in [0, 0.05) is 22.9 Å². The molecule has 0 saturated carbocycles. The third kappa shape index (κ3) is 3.38. The van der Waals surface area contributed by atoms with Crippen LogP contribution in [0.3, 0.4) is 0 Å². The number of rotatable bonds is 2. The fourth-order valence-corrected chi connectivity index (χ4v) is 6.95. The first-order valence-corrected chi connectivity index (χ1v) is 14.6. The van der Waals surface area contributed by atoms with Crippen LogP contribution in [0.25, 0.3) is 22.3 Å². The van der Waals surface area contributed by atoms with Crippen LogP contribution in [-0.2, 0) is 14.7 Å². The summed E-state index contributed by atoms with van der Waals surface area (Å²) >= 11 is 0. The molecule has 1 aliphatic carbocycles. The van der Waals surface area contributed by atoms with Gasteiger partial charge in [0.2, 0.25) is 0 Å². The summed E-state index contributed by atoms with van der Waals surface area (Å²) in [6, 6.07) is 38.6. The van der Waals surface area contributed by atoms with Gasteiger partial charge < -0.3 is 19.8 Å². The van der Waals surface area contributed by atoms with E-state index in [4.69, 9.17) is 19.8 Å². The zero-order valence-electron chi connectivity index (χ0n) is 24.3. The molecule has 8 rings (SSSR count). The van der Waals surface area contributed by atoms with Gasteiger partial charge in [-0.3, -0.25) is 0 Å². The minimum Gasteiger partial charge on any atom is -0.457 e. The van der Waals surface area contributed by atoms with Crippen LogP contribution in [0.1, 0.15) is 49.9 Å². The van der Waals surface area contributed by atoms with Crippen molar-refractivity contribution in [2.24, 2.45) is 0 Å². The highest BCUT2D eigenvalue weighted by atomic mass is 16.7. The van der Waals surface area contributed by atoms with Crippen molar-refractivity contribution in [3.8, 4) is 33.8 Å². The quantitative estimate of drug-likeness (QED) is 0.177. The van der Waals surface area contributed by atoms with Crippen LogP contribution in [-0.4, -0.2) is 18.3 Å². The van der Waals surface area contributed by atoms with Gasteiger partial charge in [0.25, 0.3) is 0 Å². The first-order chi connectivity index (χ1) is 20.2. The Hall–Kier alpha value is -4.32. The van der Waals surface area contributed by atoms with E-state index in [1.165, 1.54) is 22.3 Å². The molecule has 206 valence electrons. The molecule has 1 spiro atoms. The van der Waals surface area contributed by atoms with Crippen LogP contribution in [0, 0.1) is 0 Å². The fourth-order valence-electron chi connectivity index (χ4n) is 6.95. The lowest BCUT2D eigenvalue weighted by molar-refractivity contribution is 0.00578. The normalized spacial score (nSPS) is 18.1. The lowest BCUT2D eigenvalue weighted by atomic mass is 9.66. The maximum Gasteiger partial charge on any atom is 0.494 e. The molecule has 0 bridgehead atoms. The molecule has 1 saturated heterocycles. The van der Waals surface area contributed by atoms with Crippen LogP contribution < -0.4 is 15.9 Å². The van der Waals surface area contributed by atoms with Crippen molar-refractivity contribution in [3.05, 3.63) is 131 Å². The highest BCUT2D eigenvalue weighted by Crippen LogP contribution is 2.62. The SMILES string of the molecule is CC1(C)OB(c2cccc(-c3ccc4c(c3)Oc3cc(N)ccc3C43c4ccccc4-c4ccccc43)c2)OC1(C)C. The second-order valence-corrected chi connectivity index (χ2v) is 12.6. The van der Waals surface area contributed by atoms with Crippen LogP contribution in [0.15, 0.2) is 109 Å². The molecule has 2 heterocycles. The summed E-state index contributed by atoms with van der Waals surface area (Å²) in [6.07, 6.45) is 0. The lowest BCUT2D eigenvalue weighted by Crippen LogP contribution is -2.41. The van der Waals surface area contributed by atoms with Crippen LogP contribution in [0.2, 0.25) is 0 Å². The first kappa shape index (κ1) is 25.4. The van der Waals surface area contributed by atoms with E-state index in [0.29, 0.717) is 5.69 Å². The standard InChI is InChI=1S/C37H32BNO3/c1-35(2)36(3,4)42-38(41-35)25-11-9-10-23(20-25)24-16-18-31-33(21-24)40-34-22-26(39)17-19-32(34)37(31)29-14-7-5-12-27(29)28-13-6-8-15-30(28)37/h5-22H,39H2,1-4H3. The molecule has 0 radical (unpaired) electrons. The van der Waals surface area contributed by atoms with Gasteiger partial charge >= 0.3 is 7.12 Å². The van der Waals surface area contributed by atoms with E-state index in [9.17, 15) is 0 Å². The molecule has 2 N–H and O–H groups in total. The predicted molar refractivity (Wildman–Crippen MR) is 169 cm³/mol. The molecule has 5 heteroatoms. The minimum absolute atomic E-state index is 0.398. The van der Waals surface area contributed by atoms with Crippen molar-refractivity contribution in [1.29, 1.82) is 0 Å². The topological polar surface area (TPSA) is 53.7 Å². The van der Waals surface area contributed by atoms with Crippen molar-refractivity contribution in [3.63, 3.8) is 0 Å². The second kappa shape index (κ2) is 8.60. The first-order valence-electron chi connectivity index (χ1n) is 14.6. The maximum atomic E-state index is 6.69. The molecule has 1 fully saturated rings. The van der Waals surface area contributed by atoms with Crippen molar-refractivity contribution in [1.82, 2.24) is 0 Å². The number of anilines is 1. The summed E-state index contributed by atoms with van der Waals surface area (Å²) in [5.74, 6) is 1.62. The highest BCUT2D eigenvalue weighted by molar-refractivity contribution is 6.62. The van der Waals surface area contributed by atoms with E-state index >= 15 is 0 Å². The molecule has 0 unspecified atom stereocenters. The largest absolute Gasteiger partial charge is 0.494 e. The molecule has 3 aliphatic rings. The highest BCUT2D eigenvalue weighted by Gasteiger charge is 2.52. The Morgan fingerprint density at radius 1 is 0.548 bits per heavy atom. The van der Waals surface area contributed by atoms with Gasteiger partial charge in [-0.15, -0.1) is 0 Å². The van der Waals surface area contributed by atoms with Crippen LogP contribution in [0.4, 0.5) is 5.69 Å². The van der Waals surface area contributed by atoms with Gasteiger partial charge in [-0.25, -0.2) is 0 Å². The van der Waals surface area contributed by atoms with E-state index in [2.05, 4.69) is 125 Å². The third-order valence-electron chi connectivity index (χ3n) is 9.71. The summed E-state index contributed by atoms with van der Waals surface area (Å²) in [6.45, 7) is 8.32. The van der Waals surface area contributed by atoms with Crippen molar-refractivity contribution >= 4 is 18.3 Å². The molecule has 4 nitrogen and oxygen atoms in total. The van der Waals surface area contributed by atoms with E-state index in [1.807, 2.05) is 12.1 Å². The number of ether oxygens (including phenoxy) is 1. The zero-order chi connectivity index (χ0) is 28.9. The lowest BCUT2D eigenvalue weighted by Gasteiger charge is -2.39. The molecule has 42 heavy (non-hydrogen) atoms. The Morgan fingerprint density at radius 2 is 1.12 bits per heavy atom. The molecular formula is C37H32BNO3. The Bertz CT molecular complexity index is 1850. The molecule has 2 aliphatic heterocycles. The Balaban J connectivity index is 1.30. The molecule has 5 aromatic rings. The van der Waals surface area contributed by atoms with Gasteiger partial charge in [0.15, 0.2) is 0 Å². The fraction of sp³-hybridized carbons (Fsp3) is 0.189. The number of hydrogen-bond acceptors (Lipinski definition) is 4. The Kier molecular flexibility index (Phi) is 5.20. The summed E-state index contributed by atoms with van der Waals surface area (Å²) in [5.41, 5.74) is 16.1. The summed E-state index contributed by atoms with van der Waals surface area (Å²) < 4.78 is 19.4.